The molecule has 1 aliphatic heterocycles. The van der Waals surface area contributed by atoms with Gasteiger partial charge >= 0.3 is 0 Å². The molecule has 2 rings (SSSR count). The molecule has 0 aromatic rings. The lowest BCUT2D eigenvalue weighted by Gasteiger charge is -2.40. The van der Waals surface area contributed by atoms with Gasteiger partial charge in [0.15, 0.2) is 0 Å². The molecule has 2 aliphatic rings. The molecule has 1 aliphatic carbocycles. The highest BCUT2D eigenvalue weighted by Crippen LogP contribution is 2.35. The third-order valence-electron chi connectivity index (χ3n) is 5.04. The molecular weight excluding hydrogens is 234 g/mol. The number of hydrogen-bond donors (Lipinski definition) is 1. The zero-order chi connectivity index (χ0) is 13.5. The van der Waals surface area contributed by atoms with Gasteiger partial charge in [0.1, 0.15) is 0 Å². The van der Waals surface area contributed by atoms with Gasteiger partial charge in [-0.15, -0.1) is 6.58 Å². The number of nitrogens with zero attached hydrogens (tertiary/aromatic N) is 1. The molecule has 2 fully saturated rings. The van der Waals surface area contributed by atoms with Gasteiger partial charge < -0.3 is 10.0 Å². The highest BCUT2D eigenvalue weighted by atomic mass is 16.3. The SMILES string of the molecule is C=CCCCCCN1CCCCC1C1CCCC1O. The molecular formula is C17H31NO. The molecule has 1 N–H and O–H groups in total. The Bertz CT molecular complexity index is 266. The van der Waals surface area contributed by atoms with Crippen molar-refractivity contribution in [1.29, 1.82) is 0 Å². The lowest BCUT2D eigenvalue weighted by atomic mass is 9.87. The molecule has 0 spiro atoms. The predicted molar refractivity (Wildman–Crippen MR) is 81.2 cm³/mol. The Morgan fingerprint density at radius 3 is 2.68 bits per heavy atom. The van der Waals surface area contributed by atoms with Gasteiger partial charge in [-0.1, -0.05) is 25.3 Å². The third kappa shape index (κ3) is 4.32. The second-order valence-electron chi connectivity index (χ2n) is 6.40. The molecule has 0 aromatic carbocycles. The molecule has 0 aromatic heterocycles. The quantitative estimate of drug-likeness (QED) is 0.560. The molecule has 2 nitrogen and oxygen atoms in total. The minimum absolute atomic E-state index is 0.0219. The smallest absolute Gasteiger partial charge is 0.0583 e. The zero-order valence-corrected chi connectivity index (χ0v) is 12.4. The number of likely N-dealkylation sites (tertiary alicyclic amines) is 1. The third-order valence-corrected chi connectivity index (χ3v) is 5.04. The second kappa shape index (κ2) is 8.06. The lowest BCUT2D eigenvalue weighted by Crippen LogP contribution is -2.46. The monoisotopic (exact) mass is 265 g/mol. The van der Waals surface area contributed by atoms with Gasteiger partial charge in [0.05, 0.1) is 6.10 Å². The molecule has 19 heavy (non-hydrogen) atoms. The Morgan fingerprint density at radius 2 is 1.95 bits per heavy atom. The molecule has 3 unspecified atom stereocenters. The summed E-state index contributed by atoms with van der Waals surface area (Å²) < 4.78 is 0. The number of piperidine rings is 1. The number of aliphatic hydroxyl groups excluding tert-OH is 1. The Balaban J connectivity index is 1.77. The first kappa shape index (κ1) is 15.1. The summed E-state index contributed by atoms with van der Waals surface area (Å²) in [7, 11) is 0. The maximum Gasteiger partial charge on any atom is 0.0583 e. The van der Waals surface area contributed by atoms with Crippen molar-refractivity contribution in [1.82, 2.24) is 4.90 Å². The van der Waals surface area contributed by atoms with Crippen LogP contribution >= 0.6 is 0 Å². The highest BCUT2D eigenvalue weighted by molar-refractivity contribution is 4.90. The van der Waals surface area contributed by atoms with Gasteiger partial charge in [-0.3, -0.25) is 0 Å². The topological polar surface area (TPSA) is 23.5 Å². The summed E-state index contributed by atoms with van der Waals surface area (Å²) in [6.45, 7) is 6.28. The van der Waals surface area contributed by atoms with E-state index in [4.69, 9.17) is 0 Å². The molecule has 3 atom stereocenters. The minimum Gasteiger partial charge on any atom is -0.393 e. The second-order valence-corrected chi connectivity index (χ2v) is 6.40. The predicted octanol–water partition coefficient (Wildman–Crippen LogP) is 3.75. The average molecular weight is 265 g/mol. The van der Waals surface area contributed by atoms with Crippen LogP contribution < -0.4 is 0 Å². The Kier molecular flexibility index (Phi) is 6.39. The van der Waals surface area contributed by atoms with Gasteiger partial charge in [0.2, 0.25) is 0 Å². The van der Waals surface area contributed by atoms with E-state index in [0.29, 0.717) is 12.0 Å². The van der Waals surface area contributed by atoms with Crippen LogP contribution in [0.25, 0.3) is 0 Å². The highest BCUT2D eigenvalue weighted by Gasteiger charge is 2.36. The van der Waals surface area contributed by atoms with E-state index in [1.165, 1.54) is 64.5 Å². The fourth-order valence-electron chi connectivity index (χ4n) is 3.98. The van der Waals surface area contributed by atoms with Crippen LogP contribution in [0.3, 0.4) is 0 Å². The van der Waals surface area contributed by atoms with E-state index >= 15 is 0 Å². The first-order valence-electron chi connectivity index (χ1n) is 8.36. The molecule has 1 saturated heterocycles. The molecule has 0 bridgehead atoms. The largest absolute Gasteiger partial charge is 0.393 e. The van der Waals surface area contributed by atoms with E-state index in [0.717, 1.165) is 12.8 Å². The summed E-state index contributed by atoms with van der Waals surface area (Å²) in [5.74, 6) is 0.563. The summed E-state index contributed by atoms with van der Waals surface area (Å²) in [4.78, 5) is 2.69. The fraction of sp³-hybridized carbons (Fsp3) is 0.882. The van der Waals surface area contributed by atoms with Crippen LogP contribution in [0.4, 0.5) is 0 Å². The Hall–Kier alpha value is -0.340. The molecule has 110 valence electrons. The number of aliphatic hydroxyl groups is 1. The van der Waals surface area contributed by atoms with E-state index < -0.39 is 0 Å². The minimum atomic E-state index is -0.0219. The van der Waals surface area contributed by atoms with Gasteiger partial charge in [-0.25, -0.2) is 0 Å². The van der Waals surface area contributed by atoms with Crippen molar-refractivity contribution in [3.63, 3.8) is 0 Å². The lowest BCUT2D eigenvalue weighted by molar-refractivity contribution is 0.0347. The van der Waals surface area contributed by atoms with E-state index in [1.54, 1.807) is 0 Å². The van der Waals surface area contributed by atoms with Crippen LogP contribution in [0.1, 0.15) is 64.2 Å². The summed E-state index contributed by atoms with van der Waals surface area (Å²) >= 11 is 0. The maximum atomic E-state index is 10.2. The fourth-order valence-corrected chi connectivity index (χ4v) is 3.98. The first-order valence-corrected chi connectivity index (χ1v) is 8.36. The van der Waals surface area contributed by atoms with E-state index in [-0.39, 0.29) is 6.10 Å². The van der Waals surface area contributed by atoms with Crippen molar-refractivity contribution in [3.8, 4) is 0 Å². The van der Waals surface area contributed by atoms with Crippen molar-refractivity contribution in [2.24, 2.45) is 5.92 Å². The first-order chi connectivity index (χ1) is 9.33. The van der Waals surface area contributed by atoms with Gasteiger partial charge in [-0.2, -0.15) is 0 Å². The summed E-state index contributed by atoms with van der Waals surface area (Å²) in [5.41, 5.74) is 0. The normalized spacial score (nSPS) is 32.6. The molecule has 1 saturated carbocycles. The van der Waals surface area contributed by atoms with Crippen molar-refractivity contribution in [2.75, 3.05) is 13.1 Å². The van der Waals surface area contributed by atoms with Crippen molar-refractivity contribution in [3.05, 3.63) is 12.7 Å². The standard InChI is InChI=1S/C17H31NO/c1-2-3-4-5-7-13-18-14-8-6-11-16(18)15-10-9-12-17(15)19/h2,15-17,19H,1,3-14H2. The van der Waals surface area contributed by atoms with Crippen molar-refractivity contribution in [2.45, 2.75) is 76.4 Å². The average Bonchev–Trinajstić information content (AvgIpc) is 2.85. The molecule has 0 radical (unpaired) electrons. The number of hydrogen-bond acceptors (Lipinski definition) is 2. The Morgan fingerprint density at radius 1 is 1.05 bits per heavy atom. The number of unbranched alkanes of at least 4 members (excludes halogenated alkanes) is 3. The molecule has 1 heterocycles. The maximum absolute atomic E-state index is 10.2. The number of rotatable bonds is 7. The van der Waals surface area contributed by atoms with Gasteiger partial charge in [0.25, 0.3) is 0 Å². The van der Waals surface area contributed by atoms with Crippen LogP contribution in [-0.2, 0) is 0 Å². The summed E-state index contributed by atoms with van der Waals surface area (Å²) in [6, 6.07) is 0.672. The van der Waals surface area contributed by atoms with Crippen LogP contribution in [0.15, 0.2) is 12.7 Å². The number of allylic oxidation sites excluding steroid dienone is 1. The summed E-state index contributed by atoms with van der Waals surface area (Å²) in [6.07, 6.45) is 14.6. The Labute approximate surface area is 118 Å². The van der Waals surface area contributed by atoms with Gasteiger partial charge in [0, 0.05) is 12.0 Å². The van der Waals surface area contributed by atoms with E-state index in [9.17, 15) is 5.11 Å². The van der Waals surface area contributed by atoms with E-state index in [2.05, 4.69) is 11.5 Å². The van der Waals surface area contributed by atoms with E-state index in [1.807, 2.05) is 6.08 Å². The molecule has 2 heteroatoms. The summed E-state index contributed by atoms with van der Waals surface area (Å²) in [5, 5.41) is 10.2. The van der Waals surface area contributed by atoms with Crippen molar-refractivity contribution < 1.29 is 5.11 Å². The van der Waals surface area contributed by atoms with Crippen molar-refractivity contribution >= 4 is 0 Å². The zero-order valence-electron chi connectivity index (χ0n) is 12.4. The van der Waals surface area contributed by atoms with Gasteiger partial charge in [-0.05, 0) is 58.0 Å². The van der Waals surface area contributed by atoms with Crippen LogP contribution in [0.2, 0.25) is 0 Å². The van der Waals surface area contributed by atoms with Crippen LogP contribution in [0.5, 0.6) is 0 Å². The molecule has 0 amide bonds. The van der Waals surface area contributed by atoms with Crippen LogP contribution in [0, 0.1) is 5.92 Å². The van der Waals surface area contributed by atoms with Crippen LogP contribution in [-0.4, -0.2) is 35.2 Å².